The fourth-order valence-corrected chi connectivity index (χ4v) is 0.935. The summed E-state index contributed by atoms with van der Waals surface area (Å²) in [7, 11) is 2.60. The molecule has 1 aromatic heterocycles. The van der Waals surface area contributed by atoms with Gasteiger partial charge in [0, 0.05) is 13.1 Å². The fraction of sp³-hybridized carbons (Fsp3) is 0.444. The van der Waals surface area contributed by atoms with Crippen LogP contribution >= 0.6 is 0 Å². The summed E-state index contributed by atoms with van der Waals surface area (Å²) in [6, 6.07) is 1.00. The van der Waals surface area contributed by atoms with E-state index in [0.29, 0.717) is 0 Å². The number of alkyl halides is 3. The van der Waals surface area contributed by atoms with Gasteiger partial charge in [0.2, 0.25) is 5.88 Å². The van der Waals surface area contributed by atoms with Crippen LogP contribution in [0.3, 0.4) is 0 Å². The standard InChI is InChI=1S/C9H10F3N3O3/c1-15(17-2)8(16)6-3-7(14-5-13-6)18-4-9(10,11)12/h3,5H,4H2,1-2H3. The van der Waals surface area contributed by atoms with Crippen molar-refractivity contribution in [2.24, 2.45) is 0 Å². The summed E-state index contributed by atoms with van der Waals surface area (Å²) in [5.41, 5.74) is -0.133. The van der Waals surface area contributed by atoms with Crippen molar-refractivity contribution < 1.29 is 27.5 Å². The zero-order chi connectivity index (χ0) is 13.8. The van der Waals surface area contributed by atoms with Crippen molar-refractivity contribution in [3.8, 4) is 5.88 Å². The molecule has 0 aromatic carbocycles. The molecule has 9 heteroatoms. The van der Waals surface area contributed by atoms with Crippen LogP contribution in [0.2, 0.25) is 0 Å². The first kappa shape index (κ1) is 14.2. The molecule has 0 saturated heterocycles. The van der Waals surface area contributed by atoms with Crippen LogP contribution in [0.1, 0.15) is 10.5 Å². The van der Waals surface area contributed by atoms with E-state index in [1.54, 1.807) is 0 Å². The summed E-state index contributed by atoms with van der Waals surface area (Å²) in [4.78, 5) is 23.3. The second kappa shape index (κ2) is 5.63. The molecule has 1 heterocycles. The third-order valence-corrected chi connectivity index (χ3v) is 1.80. The van der Waals surface area contributed by atoms with Crippen molar-refractivity contribution in [2.45, 2.75) is 6.18 Å². The van der Waals surface area contributed by atoms with Crippen LogP contribution in [0.15, 0.2) is 12.4 Å². The minimum atomic E-state index is -4.47. The van der Waals surface area contributed by atoms with Crippen LogP contribution in [-0.4, -0.2) is 47.9 Å². The average molecular weight is 265 g/mol. The van der Waals surface area contributed by atoms with Crippen LogP contribution in [0.4, 0.5) is 13.2 Å². The van der Waals surface area contributed by atoms with Crippen molar-refractivity contribution in [1.29, 1.82) is 0 Å². The minimum absolute atomic E-state index is 0.133. The zero-order valence-electron chi connectivity index (χ0n) is 9.56. The Morgan fingerprint density at radius 1 is 1.44 bits per heavy atom. The molecule has 0 radical (unpaired) electrons. The second-order valence-electron chi connectivity index (χ2n) is 3.13. The maximum Gasteiger partial charge on any atom is 0.422 e. The van der Waals surface area contributed by atoms with Gasteiger partial charge in [0.1, 0.15) is 12.0 Å². The summed E-state index contributed by atoms with van der Waals surface area (Å²) in [6.45, 7) is -1.49. The molecule has 1 amide bonds. The molecular formula is C9H10F3N3O3. The van der Waals surface area contributed by atoms with Crippen molar-refractivity contribution in [3.63, 3.8) is 0 Å². The second-order valence-corrected chi connectivity index (χ2v) is 3.13. The molecule has 6 nitrogen and oxygen atoms in total. The molecule has 0 aliphatic rings. The Bertz CT molecular complexity index is 425. The van der Waals surface area contributed by atoms with E-state index in [-0.39, 0.29) is 11.6 Å². The molecule has 18 heavy (non-hydrogen) atoms. The van der Waals surface area contributed by atoms with Crippen molar-refractivity contribution >= 4 is 5.91 Å². The molecule has 0 spiro atoms. The average Bonchev–Trinajstić information content (AvgIpc) is 2.34. The van der Waals surface area contributed by atoms with E-state index in [0.717, 1.165) is 17.5 Å². The summed E-state index contributed by atoms with van der Waals surface area (Å²) in [5, 5.41) is 0.871. The number of amides is 1. The highest BCUT2D eigenvalue weighted by molar-refractivity contribution is 5.91. The van der Waals surface area contributed by atoms with Gasteiger partial charge in [-0.1, -0.05) is 0 Å². The van der Waals surface area contributed by atoms with Crippen LogP contribution in [0, 0.1) is 0 Å². The smallest absolute Gasteiger partial charge is 0.422 e. The summed E-state index contributed by atoms with van der Waals surface area (Å²) in [6.07, 6.45) is -3.54. The highest BCUT2D eigenvalue weighted by atomic mass is 19.4. The van der Waals surface area contributed by atoms with E-state index in [1.807, 2.05) is 0 Å². The number of hydrogen-bond acceptors (Lipinski definition) is 5. The van der Waals surface area contributed by atoms with Gasteiger partial charge in [-0.05, 0) is 0 Å². The highest BCUT2D eigenvalue weighted by Crippen LogP contribution is 2.17. The largest absolute Gasteiger partial charge is 0.468 e. The Morgan fingerprint density at radius 3 is 2.67 bits per heavy atom. The molecular weight excluding hydrogens is 255 g/mol. The van der Waals surface area contributed by atoms with Gasteiger partial charge < -0.3 is 4.74 Å². The third kappa shape index (κ3) is 4.17. The lowest BCUT2D eigenvalue weighted by atomic mass is 10.4. The molecule has 0 N–H and O–H groups in total. The molecule has 1 rings (SSSR count). The van der Waals surface area contributed by atoms with Crippen LogP contribution in [0.5, 0.6) is 5.88 Å². The van der Waals surface area contributed by atoms with E-state index in [4.69, 9.17) is 0 Å². The number of aromatic nitrogens is 2. The Hall–Kier alpha value is -1.90. The third-order valence-electron chi connectivity index (χ3n) is 1.80. The zero-order valence-corrected chi connectivity index (χ0v) is 9.56. The fourth-order valence-electron chi connectivity index (χ4n) is 0.935. The lowest BCUT2D eigenvalue weighted by molar-refractivity contribution is -0.154. The normalized spacial score (nSPS) is 11.2. The first-order chi connectivity index (χ1) is 8.33. The Kier molecular flexibility index (Phi) is 4.43. The molecule has 0 aliphatic carbocycles. The van der Waals surface area contributed by atoms with Gasteiger partial charge in [0.05, 0.1) is 7.11 Å². The van der Waals surface area contributed by atoms with Gasteiger partial charge in [0.15, 0.2) is 6.61 Å². The van der Waals surface area contributed by atoms with Crippen molar-refractivity contribution in [2.75, 3.05) is 20.8 Å². The molecule has 0 fully saturated rings. The van der Waals surface area contributed by atoms with E-state index in [1.165, 1.54) is 14.2 Å². The van der Waals surface area contributed by atoms with Crippen LogP contribution < -0.4 is 4.74 Å². The molecule has 0 saturated carbocycles. The molecule has 0 bridgehead atoms. The Labute approximate surface area is 100 Å². The number of hydroxylamine groups is 2. The number of halogens is 3. The van der Waals surface area contributed by atoms with E-state index < -0.39 is 18.7 Å². The molecule has 0 unspecified atom stereocenters. The lowest BCUT2D eigenvalue weighted by Gasteiger charge is -2.13. The topological polar surface area (TPSA) is 64.5 Å². The molecule has 0 aliphatic heterocycles. The maximum absolute atomic E-state index is 11.9. The van der Waals surface area contributed by atoms with E-state index in [9.17, 15) is 18.0 Å². The highest BCUT2D eigenvalue weighted by Gasteiger charge is 2.28. The molecule has 100 valence electrons. The first-order valence-corrected chi connectivity index (χ1v) is 4.67. The number of nitrogens with zero attached hydrogens (tertiary/aromatic N) is 3. The van der Waals surface area contributed by atoms with E-state index >= 15 is 0 Å². The van der Waals surface area contributed by atoms with Gasteiger partial charge in [-0.15, -0.1) is 0 Å². The monoisotopic (exact) mass is 265 g/mol. The quantitative estimate of drug-likeness (QED) is 0.761. The van der Waals surface area contributed by atoms with Crippen LogP contribution in [0.25, 0.3) is 0 Å². The predicted molar refractivity (Wildman–Crippen MR) is 52.7 cm³/mol. The lowest BCUT2D eigenvalue weighted by Crippen LogP contribution is -2.26. The number of hydrogen-bond donors (Lipinski definition) is 0. The van der Waals surface area contributed by atoms with Gasteiger partial charge in [-0.2, -0.15) is 13.2 Å². The number of ether oxygens (including phenoxy) is 1. The summed E-state index contributed by atoms with van der Waals surface area (Å²) >= 11 is 0. The maximum atomic E-state index is 11.9. The summed E-state index contributed by atoms with van der Waals surface area (Å²) in [5.74, 6) is -0.966. The van der Waals surface area contributed by atoms with Crippen LogP contribution in [-0.2, 0) is 4.84 Å². The Morgan fingerprint density at radius 2 is 2.11 bits per heavy atom. The van der Waals surface area contributed by atoms with Crippen molar-refractivity contribution in [3.05, 3.63) is 18.1 Å². The summed E-state index contributed by atoms with van der Waals surface area (Å²) < 4.78 is 40.1. The predicted octanol–water partition coefficient (Wildman–Crippen LogP) is 1.05. The first-order valence-electron chi connectivity index (χ1n) is 4.67. The number of carbonyl (C=O) groups is 1. The molecule has 0 atom stereocenters. The van der Waals surface area contributed by atoms with E-state index in [2.05, 4.69) is 19.5 Å². The van der Waals surface area contributed by atoms with Crippen molar-refractivity contribution in [1.82, 2.24) is 15.0 Å². The molecule has 1 aromatic rings. The number of rotatable bonds is 4. The van der Waals surface area contributed by atoms with Gasteiger partial charge in [-0.3, -0.25) is 9.63 Å². The minimum Gasteiger partial charge on any atom is -0.468 e. The SMILES string of the molecule is CON(C)C(=O)c1cc(OCC(F)(F)F)ncn1. The Balaban J connectivity index is 2.76. The van der Waals surface area contributed by atoms with Gasteiger partial charge in [0.25, 0.3) is 5.91 Å². The van der Waals surface area contributed by atoms with Gasteiger partial charge in [-0.25, -0.2) is 15.0 Å². The van der Waals surface area contributed by atoms with Gasteiger partial charge >= 0.3 is 6.18 Å². The number of carbonyl (C=O) groups excluding carboxylic acids is 1.